The zero-order valence-electron chi connectivity index (χ0n) is 7.42. The standard InChI is InChI=1S/C10H11FO2/c1-8-6-10(13-5-4-11)3-2-9(8)7-12/h2-3,6-7H,4-5H2,1H3. The first-order chi connectivity index (χ1) is 6.27. The van der Waals surface area contributed by atoms with Crippen LogP contribution in [0.5, 0.6) is 5.75 Å². The molecule has 1 aromatic rings. The molecule has 3 heteroatoms. The molecule has 0 saturated carbocycles. The summed E-state index contributed by atoms with van der Waals surface area (Å²) in [5.74, 6) is 0.598. The molecular formula is C10H11FO2. The van der Waals surface area contributed by atoms with Crippen molar-refractivity contribution in [3.8, 4) is 5.75 Å². The van der Waals surface area contributed by atoms with Gasteiger partial charge in [0, 0.05) is 5.56 Å². The van der Waals surface area contributed by atoms with Gasteiger partial charge in [-0.15, -0.1) is 0 Å². The van der Waals surface area contributed by atoms with Crippen LogP contribution >= 0.6 is 0 Å². The smallest absolute Gasteiger partial charge is 0.150 e. The molecule has 0 aliphatic rings. The monoisotopic (exact) mass is 182 g/mol. The van der Waals surface area contributed by atoms with E-state index in [9.17, 15) is 9.18 Å². The van der Waals surface area contributed by atoms with Crippen molar-refractivity contribution in [3.05, 3.63) is 29.3 Å². The average molecular weight is 182 g/mol. The molecule has 0 heterocycles. The molecule has 1 rings (SSSR count). The van der Waals surface area contributed by atoms with E-state index < -0.39 is 6.67 Å². The molecule has 0 fully saturated rings. The van der Waals surface area contributed by atoms with Crippen LogP contribution in [-0.2, 0) is 0 Å². The number of ether oxygens (including phenoxy) is 1. The number of rotatable bonds is 4. The first kappa shape index (κ1) is 9.71. The van der Waals surface area contributed by atoms with Gasteiger partial charge in [0.1, 0.15) is 25.3 Å². The summed E-state index contributed by atoms with van der Waals surface area (Å²) in [5, 5.41) is 0. The maximum atomic E-state index is 11.7. The maximum Gasteiger partial charge on any atom is 0.150 e. The van der Waals surface area contributed by atoms with E-state index in [1.807, 2.05) is 6.92 Å². The van der Waals surface area contributed by atoms with Gasteiger partial charge in [-0.05, 0) is 30.7 Å². The maximum absolute atomic E-state index is 11.7. The minimum absolute atomic E-state index is 0.0554. The second-order valence-corrected chi connectivity index (χ2v) is 2.67. The fourth-order valence-corrected chi connectivity index (χ4v) is 1.03. The van der Waals surface area contributed by atoms with Crippen LogP contribution in [0.1, 0.15) is 15.9 Å². The van der Waals surface area contributed by atoms with E-state index in [0.717, 1.165) is 11.8 Å². The van der Waals surface area contributed by atoms with Crippen LogP contribution < -0.4 is 4.74 Å². The zero-order chi connectivity index (χ0) is 9.68. The van der Waals surface area contributed by atoms with Crippen molar-refractivity contribution in [1.29, 1.82) is 0 Å². The van der Waals surface area contributed by atoms with Crippen LogP contribution in [-0.4, -0.2) is 19.6 Å². The van der Waals surface area contributed by atoms with Crippen molar-refractivity contribution in [3.63, 3.8) is 0 Å². The molecule has 0 radical (unpaired) electrons. The number of alkyl halides is 1. The summed E-state index contributed by atoms with van der Waals surface area (Å²) in [7, 11) is 0. The Morgan fingerprint density at radius 2 is 2.31 bits per heavy atom. The Hall–Kier alpha value is -1.38. The van der Waals surface area contributed by atoms with Crippen molar-refractivity contribution < 1.29 is 13.9 Å². The van der Waals surface area contributed by atoms with Crippen molar-refractivity contribution >= 4 is 6.29 Å². The van der Waals surface area contributed by atoms with Crippen LogP contribution in [0, 0.1) is 6.92 Å². The number of carbonyl (C=O) groups is 1. The van der Waals surface area contributed by atoms with Gasteiger partial charge in [0.05, 0.1) is 0 Å². The minimum Gasteiger partial charge on any atom is -0.491 e. The predicted octanol–water partition coefficient (Wildman–Crippen LogP) is 2.16. The largest absolute Gasteiger partial charge is 0.491 e. The van der Waals surface area contributed by atoms with E-state index in [-0.39, 0.29) is 6.61 Å². The number of hydrogen-bond acceptors (Lipinski definition) is 2. The van der Waals surface area contributed by atoms with Gasteiger partial charge >= 0.3 is 0 Å². The van der Waals surface area contributed by atoms with Gasteiger partial charge in [-0.2, -0.15) is 0 Å². The number of halogens is 1. The second-order valence-electron chi connectivity index (χ2n) is 2.67. The Labute approximate surface area is 76.3 Å². The predicted molar refractivity (Wildman–Crippen MR) is 48.0 cm³/mol. The van der Waals surface area contributed by atoms with E-state index in [2.05, 4.69) is 0 Å². The number of aryl methyl sites for hydroxylation is 1. The lowest BCUT2D eigenvalue weighted by Gasteiger charge is -2.05. The van der Waals surface area contributed by atoms with E-state index in [1.165, 1.54) is 0 Å². The lowest BCUT2D eigenvalue weighted by molar-refractivity contribution is 0.112. The summed E-state index contributed by atoms with van der Waals surface area (Å²) in [6, 6.07) is 5.04. The average Bonchev–Trinajstić information content (AvgIpc) is 2.15. The molecule has 0 N–H and O–H groups in total. The topological polar surface area (TPSA) is 26.3 Å². The highest BCUT2D eigenvalue weighted by atomic mass is 19.1. The molecule has 0 aliphatic heterocycles. The number of benzene rings is 1. The van der Waals surface area contributed by atoms with Gasteiger partial charge in [0.15, 0.2) is 0 Å². The van der Waals surface area contributed by atoms with Crippen LogP contribution in [0.15, 0.2) is 18.2 Å². The van der Waals surface area contributed by atoms with Crippen molar-refractivity contribution in [1.82, 2.24) is 0 Å². The third-order valence-electron chi connectivity index (χ3n) is 1.71. The minimum atomic E-state index is -0.505. The van der Waals surface area contributed by atoms with Crippen LogP contribution in [0.25, 0.3) is 0 Å². The van der Waals surface area contributed by atoms with Crippen LogP contribution in [0.2, 0.25) is 0 Å². The molecule has 0 spiro atoms. The Kier molecular flexibility index (Phi) is 3.43. The summed E-state index contributed by atoms with van der Waals surface area (Å²) in [5.41, 5.74) is 1.47. The lowest BCUT2D eigenvalue weighted by atomic mass is 10.1. The first-order valence-electron chi connectivity index (χ1n) is 4.02. The van der Waals surface area contributed by atoms with Crippen LogP contribution in [0.3, 0.4) is 0 Å². The van der Waals surface area contributed by atoms with Crippen molar-refractivity contribution in [2.45, 2.75) is 6.92 Å². The molecule has 0 aliphatic carbocycles. The Morgan fingerprint density at radius 3 is 2.85 bits per heavy atom. The molecule has 0 unspecified atom stereocenters. The van der Waals surface area contributed by atoms with Crippen molar-refractivity contribution in [2.24, 2.45) is 0 Å². The highest BCUT2D eigenvalue weighted by Gasteiger charge is 1.99. The van der Waals surface area contributed by atoms with Gasteiger partial charge in [-0.25, -0.2) is 4.39 Å². The van der Waals surface area contributed by atoms with E-state index >= 15 is 0 Å². The van der Waals surface area contributed by atoms with Gasteiger partial charge in [-0.1, -0.05) is 0 Å². The third-order valence-corrected chi connectivity index (χ3v) is 1.71. The summed E-state index contributed by atoms with van der Waals surface area (Å²) < 4.78 is 16.8. The molecule has 0 bridgehead atoms. The van der Waals surface area contributed by atoms with E-state index in [1.54, 1.807) is 18.2 Å². The van der Waals surface area contributed by atoms with Crippen LogP contribution in [0.4, 0.5) is 4.39 Å². The van der Waals surface area contributed by atoms with Gasteiger partial charge < -0.3 is 4.74 Å². The summed E-state index contributed by atoms with van der Waals surface area (Å²) in [6.07, 6.45) is 0.786. The zero-order valence-corrected chi connectivity index (χ0v) is 7.42. The molecular weight excluding hydrogens is 171 g/mol. The fraction of sp³-hybridized carbons (Fsp3) is 0.300. The molecule has 2 nitrogen and oxygen atoms in total. The molecule has 0 atom stereocenters. The molecule has 0 saturated heterocycles. The van der Waals surface area contributed by atoms with Gasteiger partial charge in [-0.3, -0.25) is 4.79 Å². The normalized spacial score (nSPS) is 9.69. The lowest BCUT2D eigenvalue weighted by Crippen LogP contribution is -1.99. The Balaban J connectivity index is 2.77. The molecule has 1 aromatic carbocycles. The number of carbonyl (C=O) groups excluding carboxylic acids is 1. The SMILES string of the molecule is Cc1cc(OCCF)ccc1C=O. The summed E-state index contributed by atoms with van der Waals surface area (Å²) >= 11 is 0. The van der Waals surface area contributed by atoms with E-state index in [4.69, 9.17) is 4.74 Å². The van der Waals surface area contributed by atoms with Gasteiger partial charge in [0.2, 0.25) is 0 Å². The fourth-order valence-electron chi connectivity index (χ4n) is 1.03. The van der Waals surface area contributed by atoms with E-state index in [0.29, 0.717) is 11.3 Å². The summed E-state index contributed by atoms with van der Waals surface area (Å²) in [6.45, 7) is 1.36. The number of hydrogen-bond donors (Lipinski definition) is 0. The second kappa shape index (κ2) is 4.60. The third kappa shape index (κ3) is 2.54. The quantitative estimate of drug-likeness (QED) is 0.667. The summed E-state index contributed by atoms with van der Waals surface area (Å²) in [4.78, 5) is 10.5. The Morgan fingerprint density at radius 1 is 1.54 bits per heavy atom. The highest BCUT2D eigenvalue weighted by Crippen LogP contribution is 2.15. The van der Waals surface area contributed by atoms with Crippen molar-refractivity contribution in [2.75, 3.05) is 13.3 Å². The highest BCUT2D eigenvalue weighted by molar-refractivity contribution is 5.77. The molecule has 0 amide bonds. The molecule has 70 valence electrons. The first-order valence-corrected chi connectivity index (χ1v) is 4.02. The molecule has 0 aromatic heterocycles. The molecule has 13 heavy (non-hydrogen) atoms. The Bertz CT molecular complexity index is 297. The van der Waals surface area contributed by atoms with Gasteiger partial charge in [0.25, 0.3) is 0 Å². The number of aldehydes is 1.